The summed E-state index contributed by atoms with van der Waals surface area (Å²) in [4.78, 5) is 22.9. The Bertz CT molecular complexity index is 421. The van der Waals surface area contributed by atoms with Crippen LogP contribution in [0.4, 0.5) is 0 Å². The van der Waals surface area contributed by atoms with Crippen molar-refractivity contribution < 1.29 is 14.3 Å². The second kappa shape index (κ2) is 7.43. The Morgan fingerprint density at radius 1 is 1.28 bits per heavy atom. The van der Waals surface area contributed by atoms with E-state index in [1.165, 1.54) is 6.92 Å². The molecule has 3 heteroatoms. The summed E-state index contributed by atoms with van der Waals surface area (Å²) >= 11 is 0. The minimum Gasteiger partial charge on any atom is -0.465 e. The minimum absolute atomic E-state index is 0.161. The number of rotatable bonds is 6. The SMILES string of the molecule is CCOC(=O)[C@@H](C/C=C/c1ccccc1)C(C)=O. The molecule has 0 N–H and O–H groups in total. The fraction of sp³-hybridized carbons (Fsp3) is 0.333. The number of esters is 1. The number of allylic oxidation sites excluding steroid dienone is 1. The fourth-order valence-electron chi connectivity index (χ4n) is 1.58. The van der Waals surface area contributed by atoms with Crippen LogP contribution < -0.4 is 0 Å². The number of ketones is 1. The van der Waals surface area contributed by atoms with Gasteiger partial charge in [0.25, 0.3) is 0 Å². The number of carbonyl (C=O) groups excluding carboxylic acids is 2. The maximum absolute atomic E-state index is 11.6. The quantitative estimate of drug-likeness (QED) is 0.572. The topological polar surface area (TPSA) is 43.4 Å². The van der Waals surface area contributed by atoms with E-state index in [-0.39, 0.29) is 5.78 Å². The molecule has 1 aromatic rings. The first-order valence-corrected chi connectivity index (χ1v) is 6.03. The van der Waals surface area contributed by atoms with Crippen LogP contribution in [0, 0.1) is 5.92 Å². The molecule has 0 bridgehead atoms. The zero-order valence-electron chi connectivity index (χ0n) is 10.8. The summed E-state index contributed by atoms with van der Waals surface area (Å²) in [6.45, 7) is 3.44. The number of ether oxygens (including phenoxy) is 1. The van der Waals surface area contributed by atoms with Crippen molar-refractivity contribution in [2.24, 2.45) is 5.92 Å². The van der Waals surface area contributed by atoms with Gasteiger partial charge in [-0.3, -0.25) is 9.59 Å². The summed E-state index contributed by atoms with van der Waals surface area (Å²) in [6, 6.07) is 9.74. The zero-order chi connectivity index (χ0) is 13.4. The molecule has 0 aliphatic heterocycles. The van der Waals surface area contributed by atoms with Crippen LogP contribution in [0.3, 0.4) is 0 Å². The molecule has 0 spiro atoms. The second-order valence-corrected chi connectivity index (χ2v) is 3.96. The fourth-order valence-corrected chi connectivity index (χ4v) is 1.58. The molecule has 0 saturated heterocycles. The molecule has 0 aliphatic carbocycles. The molecular formula is C15H18O3. The molecule has 0 unspecified atom stereocenters. The van der Waals surface area contributed by atoms with E-state index in [0.29, 0.717) is 13.0 Å². The van der Waals surface area contributed by atoms with Gasteiger partial charge in [0.2, 0.25) is 0 Å². The van der Waals surface area contributed by atoms with Gasteiger partial charge in [-0.2, -0.15) is 0 Å². The van der Waals surface area contributed by atoms with Gasteiger partial charge in [-0.25, -0.2) is 0 Å². The smallest absolute Gasteiger partial charge is 0.316 e. The lowest BCUT2D eigenvalue weighted by Gasteiger charge is -2.09. The van der Waals surface area contributed by atoms with Crippen LogP contribution in [0.5, 0.6) is 0 Å². The second-order valence-electron chi connectivity index (χ2n) is 3.96. The Morgan fingerprint density at radius 2 is 1.94 bits per heavy atom. The monoisotopic (exact) mass is 246 g/mol. The molecule has 1 atom stereocenters. The van der Waals surface area contributed by atoms with E-state index in [4.69, 9.17) is 4.74 Å². The molecule has 0 saturated carbocycles. The first-order chi connectivity index (χ1) is 8.65. The van der Waals surface area contributed by atoms with Crippen molar-refractivity contribution in [2.45, 2.75) is 20.3 Å². The number of hydrogen-bond donors (Lipinski definition) is 0. The first-order valence-electron chi connectivity index (χ1n) is 6.03. The van der Waals surface area contributed by atoms with Crippen molar-refractivity contribution in [3.8, 4) is 0 Å². The van der Waals surface area contributed by atoms with Crippen molar-refractivity contribution in [3.05, 3.63) is 42.0 Å². The van der Waals surface area contributed by atoms with Crippen LogP contribution in [0.1, 0.15) is 25.8 Å². The molecule has 0 amide bonds. The third kappa shape index (κ3) is 4.53. The molecule has 18 heavy (non-hydrogen) atoms. The third-order valence-corrected chi connectivity index (χ3v) is 2.54. The van der Waals surface area contributed by atoms with E-state index < -0.39 is 11.9 Å². The van der Waals surface area contributed by atoms with Crippen LogP contribution in [0.15, 0.2) is 36.4 Å². The summed E-state index contributed by atoms with van der Waals surface area (Å²) in [5.41, 5.74) is 1.05. The summed E-state index contributed by atoms with van der Waals surface area (Å²) in [5, 5.41) is 0. The highest BCUT2D eigenvalue weighted by Gasteiger charge is 2.22. The van der Waals surface area contributed by atoms with Crippen molar-refractivity contribution in [3.63, 3.8) is 0 Å². The Hall–Kier alpha value is -1.90. The van der Waals surface area contributed by atoms with Gasteiger partial charge in [0.05, 0.1) is 6.61 Å². The highest BCUT2D eigenvalue weighted by Crippen LogP contribution is 2.10. The standard InChI is InChI=1S/C15H18O3/c1-3-18-15(17)14(12(2)16)11-7-10-13-8-5-4-6-9-13/h4-10,14H,3,11H2,1-2H3/b10-7+/t14-/m0/s1. The Kier molecular flexibility index (Phi) is 5.85. The van der Waals surface area contributed by atoms with Crippen molar-refractivity contribution in [1.29, 1.82) is 0 Å². The number of hydrogen-bond acceptors (Lipinski definition) is 3. The van der Waals surface area contributed by atoms with E-state index >= 15 is 0 Å². The third-order valence-electron chi connectivity index (χ3n) is 2.54. The molecule has 1 rings (SSSR count). The maximum atomic E-state index is 11.6. The lowest BCUT2D eigenvalue weighted by atomic mass is 10.0. The maximum Gasteiger partial charge on any atom is 0.316 e. The van der Waals surface area contributed by atoms with E-state index in [1.54, 1.807) is 6.92 Å². The van der Waals surface area contributed by atoms with Crippen molar-refractivity contribution in [1.82, 2.24) is 0 Å². The largest absolute Gasteiger partial charge is 0.465 e. The van der Waals surface area contributed by atoms with Gasteiger partial charge in [-0.05, 0) is 25.8 Å². The normalized spacial score (nSPS) is 12.3. The Morgan fingerprint density at radius 3 is 2.50 bits per heavy atom. The van der Waals surface area contributed by atoms with Gasteiger partial charge in [-0.1, -0.05) is 42.5 Å². The summed E-state index contributed by atoms with van der Waals surface area (Å²) in [6.07, 6.45) is 4.11. The predicted molar refractivity (Wildman–Crippen MR) is 70.9 cm³/mol. The summed E-state index contributed by atoms with van der Waals surface area (Å²) in [5.74, 6) is -1.29. The van der Waals surface area contributed by atoms with Crippen LogP contribution in [-0.4, -0.2) is 18.4 Å². The lowest BCUT2D eigenvalue weighted by molar-refractivity contribution is -0.150. The van der Waals surface area contributed by atoms with E-state index in [9.17, 15) is 9.59 Å². The van der Waals surface area contributed by atoms with E-state index in [2.05, 4.69) is 0 Å². The molecule has 1 aromatic carbocycles. The minimum atomic E-state index is -0.690. The number of benzene rings is 1. The van der Waals surface area contributed by atoms with Gasteiger partial charge < -0.3 is 4.74 Å². The van der Waals surface area contributed by atoms with Gasteiger partial charge in [0.15, 0.2) is 0 Å². The Balaban J connectivity index is 2.60. The van der Waals surface area contributed by atoms with Gasteiger partial charge in [-0.15, -0.1) is 0 Å². The zero-order valence-corrected chi connectivity index (χ0v) is 10.8. The average molecular weight is 246 g/mol. The van der Waals surface area contributed by atoms with E-state index in [1.807, 2.05) is 42.5 Å². The molecule has 0 heterocycles. The lowest BCUT2D eigenvalue weighted by Crippen LogP contribution is -2.23. The summed E-state index contributed by atoms with van der Waals surface area (Å²) < 4.78 is 4.87. The highest BCUT2D eigenvalue weighted by atomic mass is 16.5. The highest BCUT2D eigenvalue weighted by molar-refractivity contribution is 5.97. The van der Waals surface area contributed by atoms with Crippen LogP contribution in [0.25, 0.3) is 6.08 Å². The Labute approximate surface area is 107 Å². The molecule has 3 nitrogen and oxygen atoms in total. The first kappa shape index (κ1) is 14.2. The molecule has 0 aromatic heterocycles. The molecule has 96 valence electrons. The van der Waals surface area contributed by atoms with Crippen molar-refractivity contribution >= 4 is 17.8 Å². The van der Waals surface area contributed by atoms with Crippen molar-refractivity contribution in [2.75, 3.05) is 6.61 Å². The summed E-state index contributed by atoms with van der Waals surface area (Å²) in [7, 11) is 0. The predicted octanol–water partition coefficient (Wildman–Crippen LogP) is 2.86. The molecule has 0 fully saturated rings. The molecule has 0 aliphatic rings. The van der Waals surface area contributed by atoms with Crippen LogP contribution in [0.2, 0.25) is 0 Å². The van der Waals surface area contributed by atoms with Gasteiger partial charge in [0.1, 0.15) is 11.7 Å². The molecule has 0 radical (unpaired) electrons. The number of Topliss-reactive ketones (excluding diaryl/α,β-unsaturated/α-hetero) is 1. The van der Waals surface area contributed by atoms with Gasteiger partial charge >= 0.3 is 5.97 Å². The van der Waals surface area contributed by atoms with Crippen LogP contribution >= 0.6 is 0 Å². The van der Waals surface area contributed by atoms with Gasteiger partial charge in [0, 0.05) is 0 Å². The molecular weight excluding hydrogens is 228 g/mol. The average Bonchev–Trinajstić information content (AvgIpc) is 2.35. The van der Waals surface area contributed by atoms with E-state index in [0.717, 1.165) is 5.56 Å². The van der Waals surface area contributed by atoms with Crippen LogP contribution in [-0.2, 0) is 14.3 Å². The number of carbonyl (C=O) groups is 2.